The van der Waals surface area contributed by atoms with Gasteiger partial charge in [-0.3, -0.25) is 0 Å². The van der Waals surface area contributed by atoms with Crippen LogP contribution in [0.2, 0.25) is 0 Å². The number of carbonyl (C=O) groups is 1. The van der Waals surface area contributed by atoms with E-state index in [0.717, 1.165) is 5.56 Å². The van der Waals surface area contributed by atoms with Crippen LogP contribution in [0.1, 0.15) is 16.1 Å². The van der Waals surface area contributed by atoms with Crippen molar-refractivity contribution in [3.63, 3.8) is 0 Å². The molecule has 0 atom stereocenters. The molecule has 0 bridgehead atoms. The fourth-order valence-corrected chi connectivity index (χ4v) is 1.01. The van der Waals surface area contributed by atoms with Crippen molar-refractivity contribution in [2.75, 3.05) is 13.7 Å². The van der Waals surface area contributed by atoms with Crippen LogP contribution in [-0.4, -0.2) is 24.6 Å². The predicted octanol–water partition coefficient (Wildman–Crippen LogP) is 2.12. The number of nitrogens with zero attached hydrogens (tertiary/aromatic N) is 3. The summed E-state index contributed by atoms with van der Waals surface area (Å²) in [7, 11) is 1.32. The summed E-state index contributed by atoms with van der Waals surface area (Å²) in [6, 6.07) is 1.65. The Morgan fingerprint density at radius 2 is 2.60 bits per heavy atom. The lowest BCUT2D eigenvalue weighted by molar-refractivity contribution is 0.0595. The van der Waals surface area contributed by atoms with Gasteiger partial charge in [-0.25, -0.2) is 4.79 Å². The van der Waals surface area contributed by atoms with E-state index in [1.54, 1.807) is 24.4 Å². The molecule has 0 aliphatic heterocycles. The van der Waals surface area contributed by atoms with Crippen molar-refractivity contribution < 1.29 is 9.53 Å². The van der Waals surface area contributed by atoms with Crippen LogP contribution in [0.4, 0.5) is 0 Å². The first-order chi connectivity index (χ1) is 7.27. The van der Waals surface area contributed by atoms with Crippen LogP contribution < -0.4 is 0 Å². The number of aromatic nitrogens is 1. The number of aromatic amines is 1. The molecule has 1 rings (SSSR count). The maximum absolute atomic E-state index is 11.1. The summed E-state index contributed by atoms with van der Waals surface area (Å²) in [5.41, 5.74) is 9.24. The van der Waals surface area contributed by atoms with Gasteiger partial charge < -0.3 is 9.72 Å². The molecule has 1 aromatic heterocycles. The molecule has 0 saturated carbocycles. The number of azide groups is 1. The first-order valence-corrected chi connectivity index (χ1v) is 4.22. The van der Waals surface area contributed by atoms with E-state index in [9.17, 15) is 4.79 Å². The molecule has 0 unspecified atom stereocenters. The van der Waals surface area contributed by atoms with Crippen molar-refractivity contribution in [1.29, 1.82) is 0 Å². The number of nitrogens with one attached hydrogen (secondary N) is 1. The SMILES string of the molecule is COC(=O)c1cc(C=CCN=[N+]=[N-])c[nH]1. The second-order valence-corrected chi connectivity index (χ2v) is 2.65. The number of hydrogen-bond donors (Lipinski definition) is 1. The monoisotopic (exact) mass is 206 g/mol. The average molecular weight is 206 g/mol. The number of ether oxygens (including phenoxy) is 1. The molecule has 6 nitrogen and oxygen atoms in total. The zero-order valence-corrected chi connectivity index (χ0v) is 8.17. The minimum absolute atomic E-state index is 0.287. The highest BCUT2D eigenvalue weighted by Gasteiger charge is 2.05. The highest BCUT2D eigenvalue weighted by atomic mass is 16.5. The molecule has 1 heterocycles. The van der Waals surface area contributed by atoms with E-state index in [0.29, 0.717) is 5.69 Å². The van der Waals surface area contributed by atoms with Crippen LogP contribution in [0.25, 0.3) is 16.5 Å². The molecule has 0 amide bonds. The normalized spacial score (nSPS) is 9.93. The maximum Gasteiger partial charge on any atom is 0.354 e. The van der Waals surface area contributed by atoms with Gasteiger partial charge in [-0.15, -0.1) is 0 Å². The van der Waals surface area contributed by atoms with Crippen LogP contribution >= 0.6 is 0 Å². The molecule has 6 heteroatoms. The highest BCUT2D eigenvalue weighted by molar-refractivity contribution is 5.88. The van der Waals surface area contributed by atoms with Gasteiger partial charge in [0, 0.05) is 17.7 Å². The first-order valence-electron chi connectivity index (χ1n) is 4.22. The maximum atomic E-state index is 11.1. The molecular weight excluding hydrogens is 196 g/mol. The smallest absolute Gasteiger partial charge is 0.354 e. The Morgan fingerprint density at radius 3 is 3.27 bits per heavy atom. The number of carbonyl (C=O) groups excluding carboxylic acids is 1. The van der Waals surface area contributed by atoms with Gasteiger partial charge in [0.15, 0.2) is 0 Å². The van der Waals surface area contributed by atoms with Gasteiger partial charge in [-0.2, -0.15) is 0 Å². The van der Waals surface area contributed by atoms with E-state index in [-0.39, 0.29) is 6.54 Å². The first kappa shape index (κ1) is 10.9. The van der Waals surface area contributed by atoms with Crippen LogP contribution in [-0.2, 0) is 4.74 Å². The number of hydrogen-bond acceptors (Lipinski definition) is 3. The van der Waals surface area contributed by atoms with Crippen LogP contribution in [0.15, 0.2) is 23.5 Å². The van der Waals surface area contributed by atoms with Crippen molar-refractivity contribution in [3.8, 4) is 0 Å². The molecule has 0 aliphatic carbocycles. The lowest BCUT2D eigenvalue weighted by Gasteiger charge is -1.91. The summed E-state index contributed by atoms with van der Waals surface area (Å²) in [5.74, 6) is -0.412. The molecule has 1 aromatic rings. The highest BCUT2D eigenvalue weighted by Crippen LogP contribution is 2.06. The summed E-state index contributed by atoms with van der Waals surface area (Å²) >= 11 is 0. The van der Waals surface area contributed by atoms with Crippen molar-refractivity contribution >= 4 is 12.0 Å². The summed E-state index contributed by atoms with van der Waals surface area (Å²) < 4.78 is 4.53. The fourth-order valence-electron chi connectivity index (χ4n) is 1.01. The van der Waals surface area contributed by atoms with E-state index < -0.39 is 5.97 Å². The van der Waals surface area contributed by atoms with Gasteiger partial charge in [0.1, 0.15) is 5.69 Å². The van der Waals surface area contributed by atoms with Crippen molar-refractivity contribution in [1.82, 2.24) is 4.98 Å². The second-order valence-electron chi connectivity index (χ2n) is 2.65. The third kappa shape index (κ3) is 3.21. The van der Waals surface area contributed by atoms with Crippen molar-refractivity contribution in [2.24, 2.45) is 5.11 Å². The van der Waals surface area contributed by atoms with Crippen molar-refractivity contribution in [2.45, 2.75) is 0 Å². The summed E-state index contributed by atoms with van der Waals surface area (Å²) in [6.45, 7) is 0.287. The summed E-state index contributed by atoms with van der Waals surface area (Å²) in [6.07, 6.45) is 5.11. The molecule has 78 valence electrons. The predicted molar refractivity (Wildman–Crippen MR) is 55.2 cm³/mol. The Labute approximate surface area is 86.2 Å². The zero-order chi connectivity index (χ0) is 11.1. The lowest BCUT2D eigenvalue weighted by Crippen LogP contribution is -2.00. The number of H-pyrrole nitrogens is 1. The average Bonchev–Trinajstić information content (AvgIpc) is 2.72. The third-order valence-electron chi connectivity index (χ3n) is 1.67. The van der Waals surface area contributed by atoms with Crippen LogP contribution in [0.5, 0.6) is 0 Å². The van der Waals surface area contributed by atoms with E-state index in [1.807, 2.05) is 0 Å². The molecule has 1 N–H and O–H groups in total. The van der Waals surface area contributed by atoms with Gasteiger partial charge in [0.25, 0.3) is 0 Å². The van der Waals surface area contributed by atoms with Crippen molar-refractivity contribution in [3.05, 3.63) is 40.0 Å². The fraction of sp³-hybridized carbons (Fsp3) is 0.222. The van der Waals surface area contributed by atoms with E-state index in [1.165, 1.54) is 7.11 Å². The number of rotatable bonds is 4. The van der Waals surface area contributed by atoms with E-state index in [4.69, 9.17) is 5.53 Å². The zero-order valence-electron chi connectivity index (χ0n) is 8.17. The summed E-state index contributed by atoms with van der Waals surface area (Å²) in [4.78, 5) is 16.4. The Balaban J connectivity index is 2.64. The minimum atomic E-state index is -0.412. The topological polar surface area (TPSA) is 90.8 Å². The molecule has 0 aliphatic rings. The van der Waals surface area contributed by atoms with Gasteiger partial charge in [0.2, 0.25) is 0 Å². The van der Waals surface area contributed by atoms with Gasteiger partial charge in [-0.1, -0.05) is 17.3 Å². The molecule has 0 spiro atoms. The summed E-state index contributed by atoms with van der Waals surface area (Å²) in [5, 5.41) is 3.34. The molecule has 0 radical (unpaired) electrons. The van der Waals surface area contributed by atoms with Crippen LogP contribution in [0, 0.1) is 0 Å². The van der Waals surface area contributed by atoms with Gasteiger partial charge >= 0.3 is 5.97 Å². The number of methoxy groups -OCH3 is 1. The molecule has 0 fully saturated rings. The molecule has 0 aromatic carbocycles. The Morgan fingerprint density at radius 1 is 1.80 bits per heavy atom. The van der Waals surface area contributed by atoms with Crippen LogP contribution in [0.3, 0.4) is 0 Å². The Hall–Kier alpha value is -2.20. The molecule has 0 saturated heterocycles. The lowest BCUT2D eigenvalue weighted by atomic mass is 10.3. The largest absolute Gasteiger partial charge is 0.464 e. The minimum Gasteiger partial charge on any atom is -0.464 e. The van der Waals surface area contributed by atoms with Gasteiger partial charge in [-0.05, 0) is 17.2 Å². The third-order valence-corrected chi connectivity index (χ3v) is 1.67. The van der Waals surface area contributed by atoms with E-state index in [2.05, 4.69) is 19.7 Å². The number of esters is 1. The molecule has 15 heavy (non-hydrogen) atoms. The standard InChI is InChI=1S/C9H10N4O2/c1-15-9(14)8-5-7(6-11-8)3-2-4-12-13-10/h2-3,5-6,11H,4H2,1H3. The Bertz CT molecular complexity index is 416. The molecular formula is C9H10N4O2. The Kier molecular flexibility index (Phi) is 4.00. The van der Waals surface area contributed by atoms with E-state index >= 15 is 0 Å². The quantitative estimate of drug-likeness (QED) is 0.353. The second kappa shape index (κ2) is 5.51. The van der Waals surface area contributed by atoms with Gasteiger partial charge in [0.05, 0.1) is 7.11 Å².